The number of carbonyl (C=O) groups excluding carboxylic acids is 1. The van der Waals surface area contributed by atoms with Crippen LogP contribution >= 0.6 is 11.3 Å². The smallest absolute Gasteiger partial charge is 0.264 e. The fourth-order valence-electron chi connectivity index (χ4n) is 3.34. The molecule has 3 aromatic carbocycles. The highest BCUT2D eigenvalue weighted by atomic mass is 32.2. The first kappa shape index (κ1) is 22.0. The third kappa shape index (κ3) is 4.11. The molecule has 1 heterocycles. The first-order valence-corrected chi connectivity index (χ1v) is 12.3. The van der Waals surface area contributed by atoms with Crippen molar-refractivity contribution in [3.8, 4) is 0 Å². The molecule has 6 nitrogen and oxygen atoms in total. The Morgan fingerprint density at radius 3 is 2.34 bits per heavy atom. The second kappa shape index (κ2) is 8.72. The summed E-state index contributed by atoms with van der Waals surface area (Å²) in [5.41, 5.74) is 1.76. The highest BCUT2D eigenvalue weighted by molar-refractivity contribution is 7.92. The first-order chi connectivity index (χ1) is 15.3. The Labute approximate surface area is 191 Å². The van der Waals surface area contributed by atoms with Crippen molar-refractivity contribution in [2.45, 2.75) is 17.9 Å². The number of thiazole rings is 1. The molecule has 1 atom stereocenters. The molecule has 8 heteroatoms. The van der Waals surface area contributed by atoms with Crippen LogP contribution in [-0.2, 0) is 10.0 Å². The molecule has 1 amide bonds. The Bertz CT molecular complexity index is 1330. The third-order valence-corrected chi connectivity index (χ3v) is 8.42. The standard InChI is InChI=1S/C24H23N3O3S2/c1-17(23-25-21-14-7-8-15-22(21)31-23)26(2)24(28)18-10-9-13-20(16-18)32(29,30)27(3)19-11-5-4-6-12-19/h4-17H,1-3H3/t17-/m0/s1. The average molecular weight is 466 g/mol. The predicted octanol–water partition coefficient (Wildman–Crippen LogP) is 4.95. The molecule has 0 unspecified atom stereocenters. The van der Waals surface area contributed by atoms with Gasteiger partial charge in [0.2, 0.25) is 0 Å². The van der Waals surface area contributed by atoms with E-state index >= 15 is 0 Å². The quantitative estimate of drug-likeness (QED) is 0.404. The van der Waals surface area contributed by atoms with Crippen LogP contribution in [0.5, 0.6) is 0 Å². The van der Waals surface area contributed by atoms with Gasteiger partial charge in [0.1, 0.15) is 5.01 Å². The largest absolute Gasteiger partial charge is 0.333 e. The van der Waals surface area contributed by atoms with Crippen molar-refractivity contribution in [2.75, 3.05) is 18.4 Å². The van der Waals surface area contributed by atoms with Gasteiger partial charge in [-0.15, -0.1) is 11.3 Å². The number of para-hydroxylation sites is 2. The van der Waals surface area contributed by atoms with E-state index in [1.165, 1.54) is 23.5 Å². The molecule has 164 valence electrons. The predicted molar refractivity (Wildman–Crippen MR) is 129 cm³/mol. The fourth-order valence-corrected chi connectivity index (χ4v) is 5.64. The van der Waals surface area contributed by atoms with Crippen molar-refractivity contribution in [1.82, 2.24) is 9.88 Å². The van der Waals surface area contributed by atoms with Crippen molar-refractivity contribution >= 4 is 43.2 Å². The maximum atomic E-state index is 13.2. The number of hydrogen-bond acceptors (Lipinski definition) is 5. The summed E-state index contributed by atoms with van der Waals surface area (Å²) in [7, 11) is -0.606. The third-order valence-electron chi connectivity index (χ3n) is 5.43. The van der Waals surface area contributed by atoms with Crippen molar-refractivity contribution in [3.63, 3.8) is 0 Å². The number of anilines is 1. The zero-order valence-electron chi connectivity index (χ0n) is 18.0. The summed E-state index contributed by atoms with van der Waals surface area (Å²) < 4.78 is 28.5. The van der Waals surface area contributed by atoms with E-state index in [2.05, 4.69) is 4.98 Å². The zero-order chi connectivity index (χ0) is 22.9. The monoisotopic (exact) mass is 465 g/mol. The van der Waals surface area contributed by atoms with E-state index in [4.69, 9.17) is 0 Å². The lowest BCUT2D eigenvalue weighted by molar-refractivity contribution is 0.0742. The second-order valence-electron chi connectivity index (χ2n) is 7.45. The van der Waals surface area contributed by atoms with Gasteiger partial charge in [0.15, 0.2) is 0 Å². The molecular weight excluding hydrogens is 442 g/mol. The van der Waals surface area contributed by atoms with Gasteiger partial charge in [-0.2, -0.15) is 0 Å². The number of sulfonamides is 1. The Morgan fingerprint density at radius 2 is 1.62 bits per heavy atom. The van der Waals surface area contributed by atoms with Crippen LogP contribution in [0.15, 0.2) is 83.8 Å². The van der Waals surface area contributed by atoms with Gasteiger partial charge in [0, 0.05) is 19.7 Å². The maximum absolute atomic E-state index is 13.2. The van der Waals surface area contributed by atoms with E-state index in [1.807, 2.05) is 37.3 Å². The molecular formula is C24H23N3O3S2. The van der Waals surface area contributed by atoms with Crippen molar-refractivity contribution in [1.29, 1.82) is 0 Å². The molecule has 4 aromatic rings. The van der Waals surface area contributed by atoms with E-state index in [9.17, 15) is 13.2 Å². The summed E-state index contributed by atoms with van der Waals surface area (Å²) in [6.07, 6.45) is 0. The van der Waals surface area contributed by atoms with E-state index in [0.717, 1.165) is 15.2 Å². The molecule has 0 aliphatic rings. The molecule has 0 aliphatic heterocycles. The topological polar surface area (TPSA) is 70.6 Å². The van der Waals surface area contributed by atoms with Gasteiger partial charge < -0.3 is 4.90 Å². The van der Waals surface area contributed by atoms with Gasteiger partial charge in [-0.25, -0.2) is 13.4 Å². The molecule has 1 aromatic heterocycles. The van der Waals surface area contributed by atoms with Gasteiger partial charge in [-0.05, 0) is 49.4 Å². The van der Waals surface area contributed by atoms with Gasteiger partial charge in [0.25, 0.3) is 15.9 Å². The second-order valence-corrected chi connectivity index (χ2v) is 10.5. The van der Waals surface area contributed by atoms with Gasteiger partial charge in [-0.3, -0.25) is 9.10 Å². The molecule has 0 N–H and O–H groups in total. The number of fused-ring (bicyclic) bond motifs is 1. The van der Waals surface area contributed by atoms with E-state index < -0.39 is 10.0 Å². The maximum Gasteiger partial charge on any atom is 0.264 e. The Morgan fingerprint density at radius 1 is 0.938 bits per heavy atom. The number of carbonyl (C=O) groups is 1. The molecule has 0 spiro atoms. The highest BCUT2D eigenvalue weighted by Gasteiger charge is 2.25. The number of hydrogen-bond donors (Lipinski definition) is 0. The summed E-state index contributed by atoms with van der Waals surface area (Å²) in [5, 5.41) is 0.828. The number of rotatable bonds is 6. The van der Waals surface area contributed by atoms with Gasteiger partial charge >= 0.3 is 0 Å². The minimum absolute atomic E-state index is 0.0655. The van der Waals surface area contributed by atoms with Crippen LogP contribution in [0.1, 0.15) is 28.3 Å². The first-order valence-electron chi connectivity index (χ1n) is 10.1. The molecule has 32 heavy (non-hydrogen) atoms. The van der Waals surface area contributed by atoms with Crippen LogP contribution in [0.4, 0.5) is 5.69 Å². The molecule has 0 bridgehead atoms. The lowest BCUT2D eigenvalue weighted by Crippen LogP contribution is -2.30. The minimum atomic E-state index is -3.81. The molecule has 4 rings (SSSR count). The summed E-state index contributed by atoms with van der Waals surface area (Å²) in [4.78, 5) is 19.5. The number of aromatic nitrogens is 1. The number of amides is 1. The van der Waals surface area contributed by atoms with Crippen LogP contribution in [0.2, 0.25) is 0 Å². The van der Waals surface area contributed by atoms with Gasteiger partial charge in [0.05, 0.1) is 26.8 Å². The van der Waals surface area contributed by atoms with Crippen molar-refractivity contribution in [2.24, 2.45) is 0 Å². The fraction of sp³-hybridized carbons (Fsp3) is 0.167. The summed E-state index contributed by atoms with van der Waals surface area (Å²) in [5.74, 6) is -0.267. The van der Waals surface area contributed by atoms with Gasteiger partial charge in [-0.1, -0.05) is 36.4 Å². The molecule has 0 fully saturated rings. The molecule has 0 radical (unpaired) electrons. The number of benzene rings is 3. The Balaban J connectivity index is 1.60. The van der Waals surface area contributed by atoms with Crippen LogP contribution in [0, 0.1) is 0 Å². The molecule has 0 saturated heterocycles. The van der Waals surface area contributed by atoms with Crippen LogP contribution < -0.4 is 4.31 Å². The lowest BCUT2D eigenvalue weighted by atomic mass is 10.2. The van der Waals surface area contributed by atoms with Crippen molar-refractivity contribution < 1.29 is 13.2 Å². The highest BCUT2D eigenvalue weighted by Crippen LogP contribution is 2.30. The summed E-state index contributed by atoms with van der Waals surface area (Å²) in [6, 6.07) is 22.6. The van der Waals surface area contributed by atoms with Crippen LogP contribution in [-0.4, -0.2) is 38.3 Å². The van der Waals surface area contributed by atoms with Crippen LogP contribution in [0.3, 0.4) is 0 Å². The Hall–Kier alpha value is -3.23. The SMILES string of the molecule is C[C@@H](c1nc2ccccc2s1)N(C)C(=O)c1cccc(S(=O)(=O)N(C)c2ccccc2)c1. The van der Waals surface area contributed by atoms with E-state index in [-0.39, 0.29) is 16.8 Å². The van der Waals surface area contributed by atoms with E-state index in [1.54, 1.807) is 59.7 Å². The zero-order valence-corrected chi connectivity index (χ0v) is 19.6. The average Bonchev–Trinajstić information content (AvgIpc) is 3.27. The van der Waals surface area contributed by atoms with Crippen molar-refractivity contribution in [3.05, 3.63) is 89.4 Å². The van der Waals surface area contributed by atoms with Crippen LogP contribution in [0.25, 0.3) is 10.2 Å². The minimum Gasteiger partial charge on any atom is -0.333 e. The molecule has 0 aliphatic carbocycles. The van der Waals surface area contributed by atoms with E-state index in [0.29, 0.717) is 11.3 Å². The molecule has 0 saturated carbocycles. The number of nitrogens with zero attached hydrogens (tertiary/aromatic N) is 3. The Kier molecular flexibility index (Phi) is 5.99. The lowest BCUT2D eigenvalue weighted by Gasteiger charge is -2.24. The normalized spacial score (nSPS) is 12.5. The summed E-state index contributed by atoms with van der Waals surface area (Å²) >= 11 is 1.55. The summed E-state index contributed by atoms with van der Waals surface area (Å²) in [6.45, 7) is 1.92.